The summed E-state index contributed by atoms with van der Waals surface area (Å²) in [5, 5.41) is 14.1. The molecule has 1 aromatic heterocycles. The molecule has 128 valence electrons. The van der Waals surface area contributed by atoms with E-state index in [9.17, 15) is 9.18 Å². The smallest absolute Gasteiger partial charge is 0.225 e. The number of nitrogens with one attached hydrogen (secondary N) is 2. The minimum atomic E-state index is -0.359. The Hall–Kier alpha value is -2.28. The van der Waals surface area contributed by atoms with Crippen LogP contribution in [0.15, 0.2) is 18.2 Å². The highest BCUT2D eigenvalue weighted by molar-refractivity contribution is 5.91. The fourth-order valence-corrected chi connectivity index (χ4v) is 2.92. The summed E-state index contributed by atoms with van der Waals surface area (Å²) < 4.78 is 16.3. The summed E-state index contributed by atoms with van der Waals surface area (Å²) in [7, 11) is 1.79. The molecule has 0 bridgehead atoms. The molecule has 0 radical (unpaired) electrons. The lowest BCUT2D eigenvalue weighted by molar-refractivity contribution is -0.116. The Morgan fingerprint density at radius 2 is 2.17 bits per heavy atom. The Morgan fingerprint density at radius 1 is 1.29 bits per heavy atom. The van der Waals surface area contributed by atoms with Gasteiger partial charge in [0.15, 0.2) is 5.82 Å². The number of benzene rings is 1. The highest BCUT2D eigenvalue weighted by atomic mass is 19.1. The van der Waals surface area contributed by atoms with E-state index in [2.05, 4.69) is 20.8 Å². The van der Waals surface area contributed by atoms with Crippen LogP contribution in [0.3, 0.4) is 0 Å². The van der Waals surface area contributed by atoms with Gasteiger partial charge >= 0.3 is 0 Å². The fraction of sp³-hybridized carbons (Fsp3) is 0.471. The summed E-state index contributed by atoms with van der Waals surface area (Å²) in [4.78, 5) is 11.9. The third-order valence-corrected chi connectivity index (χ3v) is 4.20. The van der Waals surface area contributed by atoms with E-state index in [1.54, 1.807) is 19.2 Å². The van der Waals surface area contributed by atoms with Gasteiger partial charge in [0, 0.05) is 31.6 Å². The predicted octanol–water partition coefficient (Wildman–Crippen LogP) is 2.36. The van der Waals surface area contributed by atoms with Crippen LogP contribution in [-0.2, 0) is 17.8 Å². The van der Waals surface area contributed by atoms with Crippen LogP contribution < -0.4 is 10.6 Å². The Kier molecular flexibility index (Phi) is 5.20. The van der Waals surface area contributed by atoms with Gasteiger partial charge in [-0.3, -0.25) is 4.79 Å². The van der Waals surface area contributed by atoms with Gasteiger partial charge in [0.2, 0.25) is 5.91 Å². The van der Waals surface area contributed by atoms with E-state index in [1.165, 1.54) is 6.07 Å². The maximum absolute atomic E-state index is 14.3. The van der Waals surface area contributed by atoms with Crippen LogP contribution in [0.4, 0.5) is 10.1 Å². The Balaban J connectivity index is 1.87. The highest BCUT2D eigenvalue weighted by Gasteiger charge is 2.19. The number of halogens is 1. The molecular formula is C17H22FN5O. The maximum atomic E-state index is 14.3. The van der Waals surface area contributed by atoms with Gasteiger partial charge in [0.1, 0.15) is 11.6 Å². The Labute approximate surface area is 140 Å². The average molecular weight is 331 g/mol. The summed E-state index contributed by atoms with van der Waals surface area (Å²) in [6.45, 7) is 1.40. The minimum Gasteiger partial charge on any atom is -0.326 e. The second-order valence-electron chi connectivity index (χ2n) is 6.00. The monoisotopic (exact) mass is 331 g/mol. The van der Waals surface area contributed by atoms with Crippen molar-refractivity contribution in [3.63, 3.8) is 0 Å². The van der Waals surface area contributed by atoms with E-state index in [-0.39, 0.29) is 11.7 Å². The van der Waals surface area contributed by atoms with Gasteiger partial charge in [-0.15, -0.1) is 10.2 Å². The molecule has 0 aliphatic carbocycles. The number of hydrogen-bond donors (Lipinski definition) is 2. The van der Waals surface area contributed by atoms with E-state index in [1.807, 2.05) is 4.57 Å². The Morgan fingerprint density at radius 3 is 3.00 bits per heavy atom. The van der Waals surface area contributed by atoms with Gasteiger partial charge in [0.05, 0.1) is 5.56 Å². The van der Waals surface area contributed by atoms with Crippen LogP contribution in [-0.4, -0.2) is 34.3 Å². The molecule has 24 heavy (non-hydrogen) atoms. The van der Waals surface area contributed by atoms with Crippen molar-refractivity contribution in [2.75, 3.05) is 18.9 Å². The van der Waals surface area contributed by atoms with Gasteiger partial charge in [0.25, 0.3) is 0 Å². The largest absolute Gasteiger partial charge is 0.326 e. The number of carbonyl (C=O) groups excluding carboxylic acids is 1. The number of hydrogen-bond acceptors (Lipinski definition) is 4. The normalized spacial score (nSPS) is 14.1. The molecule has 0 atom stereocenters. The van der Waals surface area contributed by atoms with Crippen LogP contribution >= 0.6 is 0 Å². The van der Waals surface area contributed by atoms with Crippen molar-refractivity contribution in [1.82, 2.24) is 20.1 Å². The van der Waals surface area contributed by atoms with E-state index < -0.39 is 0 Å². The van der Waals surface area contributed by atoms with Gasteiger partial charge in [-0.1, -0.05) is 6.42 Å². The van der Waals surface area contributed by atoms with Crippen LogP contribution in [0.2, 0.25) is 0 Å². The average Bonchev–Trinajstić information content (AvgIpc) is 2.83. The van der Waals surface area contributed by atoms with Crippen molar-refractivity contribution in [1.29, 1.82) is 0 Å². The number of aryl methyl sites for hydroxylation is 1. The van der Waals surface area contributed by atoms with Crippen molar-refractivity contribution < 1.29 is 9.18 Å². The first-order valence-electron chi connectivity index (χ1n) is 8.35. The molecule has 3 rings (SSSR count). The zero-order valence-electron chi connectivity index (χ0n) is 13.8. The number of carbonyl (C=O) groups is 1. The second-order valence-corrected chi connectivity index (χ2v) is 6.00. The lowest BCUT2D eigenvalue weighted by Crippen LogP contribution is -2.18. The summed E-state index contributed by atoms with van der Waals surface area (Å²) in [6.07, 6.45) is 4.51. The van der Waals surface area contributed by atoms with Crippen LogP contribution in [0, 0.1) is 5.82 Å². The van der Waals surface area contributed by atoms with E-state index in [0.29, 0.717) is 30.0 Å². The van der Waals surface area contributed by atoms with Gasteiger partial charge < -0.3 is 15.2 Å². The predicted molar refractivity (Wildman–Crippen MR) is 90.1 cm³/mol. The molecule has 1 aliphatic rings. The molecule has 2 aromatic rings. The van der Waals surface area contributed by atoms with Crippen LogP contribution in [0.5, 0.6) is 0 Å². The van der Waals surface area contributed by atoms with Gasteiger partial charge in [-0.05, 0) is 38.1 Å². The number of amides is 1. The number of fused-ring (bicyclic) bond motifs is 1. The number of aromatic nitrogens is 3. The number of nitrogens with zero attached hydrogens (tertiary/aromatic N) is 3. The molecule has 1 aromatic carbocycles. The standard InChI is InChI=1S/C17H22FN5O/c1-19-9-8-16(24)20-12-6-7-14(18)13(11-12)17-22-21-15-5-3-2-4-10-23(15)17/h6-7,11,19H,2-5,8-10H2,1H3,(H,20,24). The second kappa shape index (κ2) is 7.53. The van der Waals surface area contributed by atoms with Crippen molar-refractivity contribution in [2.45, 2.75) is 38.6 Å². The first-order chi connectivity index (χ1) is 11.7. The number of rotatable bonds is 5. The molecule has 0 saturated heterocycles. The van der Waals surface area contributed by atoms with E-state index in [4.69, 9.17) is 0 Å². The molecule has 0 spiro atoms. The first-order valence-corrected chi connectivity index (χ1v) is 8.35. The SMILES string of the molecule is CNCCC(=O)Nc1ccc(F)c(-c2nnc3n2CCCCC3)c1. The molecule has 0 saturated carbocycles. The van der Waals surface area contributed by atoms with E-state index in [0.717, 1.165) is 38.1 Å². The van der Waals surface area contributed by atoms with Crippen molar-refractivity contribution in [3.8, 4) is 11.4 Å². The molecule has 2 heterocycles. The molecule has 0 fully saturated rings. The van der Waals surface area contributed by atoms with E-state index >= 15 is 0 Å². The van der Waals surface area contributed by atoms with Crippen LogP contribution in [0.1, 0.15) is 31.5 Å². The fourth-order valence-electron chi connectivity index (χ4n) is 2.92. The third kappa shape index (κ3) is 3.62. The summed E-state index contributed by atoms with van der Waals surface area (Å²) in [6, 6.07) is 4.56. The lowest BCUT2D eigenvalue weighted by Gasteiger charge is -2.10. The lowest BCUT2D eigenvalue weighted by atomic mass is 10.1. The molecule has 2 N–H and O–H groups in total. The summed E-state index contributed by atoms with van der Waals surface area (Å²) >= 11 is 0. The molecule has 7 heteroatoms. The highest BCUT2D eigenvalue weighted by Crippen LogP contribution is 2.27. The molecule has 6 nitrogen and oxygen atoms in total. The maximum Gasteiger partial charge on any atom is 0.225 e. The molecule has 1 amide bonds. The zero-order chi connectivity index (χ0) is 16.9. The van der Waals surface area contributed by atoms with Gasteiger partial charge in [-0.25, -0.2) is 4.39 Å². The first kappa shape index (κ1) is 16.6. The van der Waals surface area contributed by atoms with Gasteiger partial charge in [-0.2, -0.15) is 0 Å². The van der Waals surface area contributed by atoms with Crippen molar-refractivity contribution >= 4 is 11.6 Å². The number of anilines is 1. The molecular weight excluding hydrogens is 309 g/mol. The topological polar surface area (TPSA) is 71.8 Å². The van der Waals surface area contributed by atoms with Crippen molar-refractivity contribution in [3.05, 3.63) is 29.8 Å². The van der Waals surface area contributed by atoms with Crippen LogP contribution in [0.25, 0.3) is 11.4 Å². The minimum absolute atomic E-state index is 0.109. The zero-order valence-corrected chi connectivity index (χ0v) is 13.8. The summed E-state index contributed by atoms with van der Waals surface area (Å²) in [5.74, 6) is 0.978. The van der Waals surface area contributed by atoms with Crippen molar-refractivity contribution in [2.24, 2.45) is 0 Å². The molecule has 0 unspecified atom stereocenters. The molecule has 1 aliphatic heterocycles. The quantitative estimate of drug-likeness (QED) is 0.882. The summed E-state index contributed by atoms with van der Waals surface area (Å²) in [5.41, 5.74) is 0.945. The Bertz CT molecular complexity index is 728. The third-order valence-electron chi connectivity index (χ3n) is 4.20.